The van der Waals surface area contributed by atoms with Crippen LogP contribution in [0.15, 0.2) is 14.7 Å². The average molecular weight is 386 g/mol. The monoisotopic (exact) mass is 385 g/mol. The molecule has 1 heterocycles. The van der Waals surface area contributed by atoms with Crippen molar-refractivity contribution in [2.24, 2.45) is 0 Å². The summed E-state index contributed by atoms with van der Waals surface area (Å²) < 4.78 is 31.2. The molecule has 1 aromatic rings. The van der Waals surface area contributed by atoms with Gasteiger partial charge in [0.1, 0.15) is 9.77 Å². The Morgan fingerprint density at radius 3 is 2.60 bits per heavy atom. The topological polar surface area (TPSA) is 83.9 Å². The van der Waals surface area contributed by atoms with Crippen molar-refractivity contribution in [3.63, 3.8) is 0 Å². The van der Waals surface area contributed by atoms with Gasteiger partial charge in [0.25, 0.3) is 0 Å². The first-order valence-electron chi connectivity index (χ1n) is 5.76. The van der Waals surface area contributed by atoms with Crippen molar-refractivity contribution in [2.75, 3.05) is 20.3 Å². The third kappa shape index (κ3) is 3.59. The Morgan fingerprint density at radius 1 is 1.55 bits per heavy atom. The zero-order valence-electron chi connectivity index (χ0n) is 11.3. The Labute approximate surface area is 130 Å². The van der Waals surface area contributed by atoms with Crippen molar-refractivity contribution in [3.05, 3.63) is 14.7 Å². The lowest BCUT2D eigenvalue weighted by molar-refractivity contribution is 0.0606. The molecule has 0 spiro atoms. The lowest BCUT2D eigenvalue weighted by atomic mass is 10.4. The Balaban J connectivity index is 3.27. The van der Waals surface area contributed by atoms with Gasteiger partial charge in [0.15, 0.2) is 0 Å². The van der Waals surface area contributed by atoms with Crippen LogP contribution < -0.4 is 0 Å². The maximum atomic E-state index is 12.5. The van der Waals surface area contributed by atoms with Crippen LogP contribution in [0.2, 0.25) is 0 Å². The minimum absolute atomic E-state index is 0.00412. The number of thiophene rings is 1. The first-order valence-corrected chi connectivity index (χ1v) is 8.81. The Morgan fingerprint density at radius 2 is 2.15 bits per heavy atom. The lowest BCUT2D eigenvalue weighted by Crippen LogP contribution is -2.38. The average Bonchev–Trinajstić information content (AvgIpc) is 2.77. The summed E-state index contributed by atoms with van der Waals surface area (Å²) in [6.07, 6.45) is 0. The molecule has 0 atom stereocenters. The fraction of sp³-hybridized carbons (Fsp3) is 0.545. The summed E-state index contributed by atoms with van der Waals surface area (Å²) in [6, 6.07) is 0.975. The fourth-order valence-corrected chi connectivity index (χ4v) is 5.67. The highest BCUT2D eigenvalue weighted by molar-refractivity contribution is 9.11. The molecule has 20 heavy (non-hydrogen) atoms. The van der Waals surface area contributed by atoms with Crippen molar-refractivity contribution in [2.45, 2.75) is 24.8 Å². The molecule has 6 nitrogen and oxygen atoms in total. The van der Waals surface area contributed by atoms with E-state index in [0.717, 1.165) is 11.3 Å². The number of rotatable bonds is 6. The van der Waals surface area contributed by atoms with Gasteiger partial charge >= 0.3 is 5.97 Å². The molecule has 0 fully saturated rings. The van der Waals surface area contributed by atoms with E-state index in [4.69, 9.17) is 5.11 Å². The molecule has 0 amide bonds. The van der Waals surface area contributed by atoms with Gasteiger partial charge in [-0.25, -0.2) is 13.2 Å². The van der Waals surface area contributed by atoms with Crippen molar-refractivity contribution in [1.82, 2.24) is 4.31 Å². The molecule has 0 radical (unpaired) electrons. The number of methoxy groups -OCH3 is 1. The third-order valence-electron chi connectivity index (χ3n) is 2.53. The van der Waals surface area contributed by atoms with Crippen molar-refractivity contribution in [1.29, 1.82) is 0 Å². The van der Waals surface area contributed by atoms with Crippen LogP contribution in [0.4, 0.5) is 0 Å². The van der Waals surface area contributed by atoms with Crippen molar-refractivity contribution in [3.8, 4) is 0 Å². The summed E-state index contributed by atoms with van der Waals surface area (Å²) in [4.78, 5) is 11.7. The Hall–Kier alpha value is -0.480. The minimum atomic E-state index is -3.78. The lowest BCUT2D eigenvalue weighted by Gasteiger charge is -2.24. The smallest absolute Gasteiger partial charge is 0.348 e. The molecule has 1 rings (SSSR count). The number of aliphatic hydroxyl groups is 1. The number of halogens is 1. The van der Waals surface area contributed by atoms with Crippen LogP contribution in [0.25, 0.3) is 0 Å². The fourth-order valence-electron chi connectivity index (χ4n) is 1.61. The van der Waals surface area contributed by atoms with E-state index in [1.807, 2.05) is 0 Å². The minimum Gasteiger partial charge on any atom is -0.465 e. The second-order valence-corrected chi connectivity index (χ2v) is 8.40. The molecule has 0 bridgehead atoms. The summed E-state index contributed by atoms with van der Waals surface area (Å²) in [7, 11) is -2.55. The summed E-state index contributed by atoms with van der Waals surface area (Å²) >= 11 is 4.16. The third-order valence-corrected chi connectivity index (χ3v) is 6.83. The SMILES string of the molecule is COC(=O)c1cc(S(=O)(=O)N(CCO)C(C)C)c(Br)s1. The largest absolute Gasteiger partial charge is 0.465 e. The maximum Gasteiger partial charge on any atom is 0.348 e. The zero-order valence-corrected chi connectivity index (χ0v) is 14.5. The Kier molecular flexibility index (Phi) is 6.14. The number of aliphatic hydroxyl groups excluding tert-OH is 1. The molecule has 9 heteroatoms. The van der Waals surface area contributed by atoms with Crippen LogP contribution in [-0.2, 0) is 14.8 Å². The predicted octanol–water partition coefficient (Wildman–Crippen LogP) is 1.69. The highest BCUT2D eigenvalue weighted by atomic mass is 79.9. The van der Waals surface area contributed by atoms with E-state index in [9.17, 15) is 13.2 Å². The first-order chi connectivity index (χ1) is 9.25. The molecule has 0 aromatic carbocycles. The number of sulfonamides is 1. The highest BCUT2D eigenvalue weighted by Gasteiger charge is 2.31. The van der Waals surface area contributed by atoms with E-state index < -0.39 is 16.0 Å². The molecular weight excluding hydrogens is 370 g/mol. The molecule has 0 saturated carbocycles. The number of hydrogen-bond acceptors (Lipinski definition) is 6. The van der Waals surface area contributed by atoms with E-state index in [1.165, 1.54) is 17.5 Å². The van der Waals surface area contributed by atoms with Crippen LogP contribution in [0.1, 0.15) is 23.5 Å². The molecule has 0 aliphatic rings. The number of carbonyl (C=O) groups is 1. The number of esters is 1. The number of ether oxygens (including phenoxy) is 1. The molecule has 1 aromatic heterocycles. The molecule has 0 saturated heterocycles. The predicted molar refractivity (Wildman–Crippen MR) is 79.5 cm³/mol. The van der Waals surface area contributed by atoms with E-state index >= 15 is 0 Å². The van der Waals surface area contributed by atoms with Gasteiger partial charge in [0, 0.05) is 12.6 Å². The molecule has 0 aliphatic heterocycles. The summed E-state index contributed by atoms with van der Waals surface area (Å²) in [5.41, 5.74) is 0. The van der Waals surface area contributed by atoms with Crippen LogP contribution in [-0.4, -0.2) is 50.1 Å². The van der Waals surface area contributed by atoms with Gasteiger partial charge < -0.3 is 9.84 Å². The number of nitrogens with zero attached hydrogens (tertiary/aromatic N) is 1. The van der Waals surface area contributed by atoms with E-state index in [0.29, 0.717) is 3.79 Å². The highest BCUT2D eigenvalue weighted by Crippen LogP contribution is 2.34. The van der Waals surface area contributed by atoms with Gasteiger partial charge in [-0.05, 0) is 35.8 Å². The molecule has 114 valence electrons. The summed E-state index contributed by atoms with van der Waals surface area (Å²) in [5, 5.41) is 9.01. The van der Waals surface area contributed by atoms with Gasteiger partial charge in [0.05, 0.1) is 17.5 Å². The Bertz CT molecular complexity index is 582. The van der Waals surface area contributed by atoms with Gasteiger partial charge in [-0.2, -0.15) is 4.31 Å². The second kappa shape index (κ2) is 6.99. The normalized spacial score (nSPS) is 12.2. The van der Waals surface area contributed by atoms with Crippen LogP contribution in [0, 0.1) is 0 Å². The first kappa shape index (κ1) is 17.6. The van der Waals surface area contributed by atoms with Gasteiger partial charge in [0.2, 0.25) is 10.0 Å². The molecule has 0 aliphatic carbocycles. The van der Waals surface area contributed by atoms with E-state index in [2.05, 4.69) is 20.7 Å². The van der Waals surface area contributed by atoms with Gasteiger partial charge in [-0.15, -0.1) is 11.3 Å². The van der Waals surface area contributed by atoms with Gasteiger partial charge in [-0.3, -0.25) is 0 Å². The molecule has 1 N–H and O–H groups in total. The number of hydrogen-bond donors (Lipinski definition) is 1. The maximum absolute atomic E-state index is 12.5. The number of carbonyl (C=O) groups excluding carboxylic acids is 1. The van der Waals surface area contributed by atoms with Crippen LogP contribution in [0.3, 0.4) is 0 Å². The quantitative estimate of drug-likeness (QED) is 0.753. The zero-order chi connectivity index (χ0) is 15.5. The van der Waals surface area contributed by atoms with Crippen molar-refractivity contribution < 1.29 is 23.1 Å². The summed E-state index contributed by atoms with van der Waals surface area (Å²) in [6.45, 7) is 3.16. The van der Waals surface area contributed by atoms with E-state index in [-0.39, 0.29) is 29.0 Å². The van der Waals surface area contributed by atoms with Crippen molar-refractivity contribution >= 4 is 43.3 Å². The molecule has 0 unspecified atom stereocenters. The van der Waals surface area contributed by atoms with Crippen LogP contribution >= 0.6 is 27.3 Å². The standard InChI is InChI=1S/C11H16BrNO5S2/c1-7(2)13(4-5-14)20(16,17)9-6-8(11(15)18-3)19-10(9)12/h6-7,14H,4-5H2,1-3H3. The molecular formula is C11H16BrNO5S2. The van der Waals surface area contributed by atoms with Gasteiger partial charge in [-0.1, -0.05) is 0 Å². The summed E-state index contributed by atoms with van der Waals surface area (Å²) in [5.74, 6) is -0.588. The van der Waals surface area contributed by atoms with E-state index in [1.54, 1.807) is 13.8 Å². The second-order valence-electron chi connectivity index (χ2n) is 4.17. The van der Waals surface area contributed by atoms with Crippen LogP contribution in [0.5, 0.6) is 0 Å².